The summed E-state index contributed by atoms with van der Waals surface area (Å²) in [6, 6.07) is 0. The van der Waals surface area contributed by atoms with Crippen LogP contribution < -0.4 is 11.2 Å². The maximum atomic E-state index is 12.4. The number of rotatable bonds is 1. The predicted octanol–water partition coefficient (Wildman–Crippen LogP) is 0.192. The largest absolute Gasteiger partial charge is 0.338 e. The Morgan fingerprint density at radius 1 is 1.26 bits per heavy atom. The van der Waals surface area contributed by atoms with E-state index in [2.05, 4.69) is 18.8 Å². The van der Waals surface area contributed by atoms with Crippen LogP contribution in [0.15, 0.2) is 15.8 Å². The molecule has 6 heteroatoms. The standard InChI is InChI=1S/C13H19N3O3/c1-8-4-9(2)7-16(6-8)12(18)10-5-14-13(19)15(3)11(10)17/h5,8-9H,4,6-7H2,1-3H3,(H,14,19). The summed E-state index contributed by atoms with van der Waals surface area (Å²) in [7, 11) is 1.36. The second-order valence-electron chi connectivity index (χ2n) is 5.53. The summed E-state index contributed by atoms with van der Waals surface area (Å²) >= 11 is 0. The van der Waals surface area contributed by atoms with E-state index in [9.17, 15) is 14.4 Å². The normalized spacial score (nSPS) is 23.4. The average molecular weight is 265 g/mol. The third-order valence-electron chi connectivity index (χ3n) is 3.57. The van der Waals surface area contributed by atoms with Crippen LogP contribution in [0.3, 0.4) is 0 Å². The van der Waals surface area contributed by atoms with E-state index < -0.39 is 11.2 Å². The molecule has 1 aromatic rings. The lowest BCUT2D eigenvalue weighted by Crippen LogP contribution is -2.46. The van der Waals surface area contributed by atoms with Crippen molar-refractivity contribution < 1.29 is 4.79 Å². The molecule has 2 atom stereocenters. The molecule has 104 valence electrons. The van der Waals surface area contributed by atoms with E-state index in [-0.39, 0.29) is 11.5 Å². The van der Waals surface area contributed by atoms with Crippen molar-refractivity contribution in [3.8, 4) is 0 Å². The Morgan fingerprint density at radius 2 is 1.84 bits per heavy atom. The highest BCUT2D eigenvalue weighted by Crippen LogP contribution is 2.21. The summed E-state index contributed by atoms with van der Waals surface area (Å²) in [4.78, 5) is 39.7. The highest BCUT2D eigenvalue weighted by atomic mass is 16.2. The highest BCUT2D eigenvalue weighted by Gasteiger charge is 2.27. The molecule has 1 amide bonds. The monoisotopic (exact) mass is 265 g/mol. The van der Waals surface area contributed by atoms with Crippen molar-refractivity contribution in [1.82, 2.24) is 14.5 Å². The topological polar surface area (TPSA) is 75.2 Å². The molecule has 1 saturated heterocycles. The quantitative estimate of drug-likeness (QED) is 0.787. The fourth-order valence-electron chi connectivity index (χ4n) is 2.72. The van der Waals surface area contributed by atoms with E-state index in [0.29, 0.717) is 24.9 Å². The smallest absolute Gasteiger partial charge is 0.328 e. The Kier molecular flexibility index (Phi) is 3.59. The molecule has 2 rings (SSSR count). The molecule has 1 aliphatic heterocycles. The van der Waals surface area contributed by atoms with Gasteiger partial charge < -0.3 is 9.88 Å². The first-order valence-corrected chi connectivity index (χ1v) is 6.48. The molecule has 1 fully saturated rings. The third-order valence-corrected chi connectivity index (χ3v) is 3.57. The number of piperidine rings is 1. The Morgan fingerprint density at radius 3 is 2.42 bits per heavy atom. The number of H-pyrrole nitrogens is 1. The molecule has 2 heterocycles. The summed E-state index contributed by atoms with van der Waals surface area (Å²) < 4.78 is 0.921. The van der Waals surface area contributed by atoms with Crippen LogP contribution in [0.5, 0.6) is 0 Å². The zero-order valence-corrected chi connectivity index (χ0v) is 11.5. The number of nitrogens with one attached hydrogen (secondary N) is 1. The summed E-state index contributed by atoms with van der Waals surface area (Å²) in [5, 5.41) is 0. The number of hydrogen-bond donors (Lipinski definition) is 1. The van der Waals surface area contributed by atoms with E-state index in [1.165, 1.54) is 13.2 Å². The second-order valence-corrected chi connectivity index (χ2v) is 5.53. The molecule has 6 nitrogen and oxygen atoms in total. The molecule has 2 unspecified atom stereocenters. The van der Waals surface area contributed by atoms with Crippen LogP contribution in [0, 0.1) is 11.8 Å². The Balaban J connectivity index is 2.32. The minimum absolute atomic E-state index is 0.0309. The van der Waals surface area contributed by atoms with Crippen LogP contribution in [0.4, 0.5) is 0 Å². The minimum Gasteiger partial charge on any atom is -0.338 e. The van der Waals surface area contributed by atoms with Gasteiger partial charge in [-0.2, -0.15) is 0 Å². The van der Waals surface area contributed by atoms with Crippen molar-refractivity contribution in [2.75, 3.05) is 13.1 Å². The Hall–Kier alpha value is -1.85. The lowest BCUT2D eigenvalue weighted by molar-refractivity contribution is 0.0620. The van der Waals surface area contributed by atoms with Crippen LogP contribution >= 0.6 is 0 Å². The first-order chi connectivity index (χ1) is 8.90. The van der Waals surface area contributed by atoms with Crippen LogP contribution in [0.1, 0.15) is 30.6 Å². The predicted molar refractivity (Wildman–Crippen MR) is 71.2 cm³/mol. The molecule has 1 aliphatic rings. The van der Waals surface area contributed by atoms with E-state index in [1.54, 1.807) is 4.90 Å². The molecule has 0 spiro atoms. The number of amides is 1. The third kappa shape index (κ3) is 2.62. The molecule has 1 aromatic heterocycles. The first kappa shape index (κ1) is 13.6. The molecular weight excluding hydrogens is 246 g/mol. The van der Waals surface area contributed by atoms with Gasteiger partial charge >= 0.3 is 5.69 Å². The molecule has 0 aliphatic carbocycles. The number of aromatic nitrogens is 2. The summed E-state index contributed by atoms with van der Waals surface area (Å²) in [5.74, 6) is 0.564. The number of aromatic amines is 1. The van der Waals surface area contributed by atoms with Crippen molar-refractivity contribution >= 4 is 5.91 Å². The van der Waals surface area contributed by atoms with Crippen molar-refractivity contribution in [3.05, 3.63) is 32.6 Å². The summed E-state index contributed by atoms with van der Waals surface area (Å²) in [5.41, 5.74) is -1.02. The zero-order valence-electron chi connectivity index (χ0n) is 11.5. The number of nitrogens with zero attached hydrogens (tertiary/aromatic N) is 2. The number of likely N-dealkylation sites (tertiary alicyclic amines) is 1. The average Bonchev–Trinajstić information content (AvgIpc) is 2.34. The van der Waals surface area contributed by atoms with Gasteiger partial charge in [0.05, 0.1) is 0 Å². The van der Waals surface area contributed by atoms with Crippen molar-refractivity contribution in [3.63, 3.8) is 0 Å². The van der Waals surface area contributed by atoms with Gasteiger partial charge in [-0.15, -0.1) is 0 Å². The van der Waals surface area contributed by atoms with Crippen LogP contribution in [0.25, 0.3) is 0 Å². The molecule has 0 radical (unpaired) electrons. The molecule has 0 bridgehead atoms. The van der Waals surface area contributed by atoms with Gasteiger partial charge in [0.15, 0.2) is 0 Å². The van der Waals surface area contributed by atoms with Gasteiger partial charge in [0.25, 0.3) is 11.5 Å². The van der Waals surface area contributed by atoms with Gasteiger partial charge in [0, 0.05) is 26.3 Å². The van der Waals surface area contributed by atoms with Gasteiger partial charge in [0.2, 0.25) is 0 Å². The second kappa shape index (κ2) is 5.03. The lowest BCUT2D eigenvalue weighted by atomic mass is 9.91. The number of carbonyl (C=O) groups is 1. The SMILES string of the molecule is CC1CC(C)CN(C(=O)c2c[nH]c(=O)n(C)c2=O)C1. The van der Waals surface area contributed by atoms with Gasteiger partial charge in [0.1, 0.15) is 5.56 Å². The van der Waals surface area contributed by atoms with E-state index in [0.717, 1.165) is 11.0 Å². The maximum Gasteiger partial charge on any atom is 0.328 e. The van der Waals surface area contributed by atoms with Crippen molar-refractivity contribution in [2.45, 2.75) is 20.3 Å². The van der Waals surface area contributed by atoms with E-state index in [4.69, 9.17) is 0 Å². The first-order valence-electron chi connectivity index (χ1n) is 6.48. The maximum absolute atomic E-state index is 12.4. The minimum atomic E-state index is -0.542. The molecule has 0 saturated carbocycles. The van der Waals surface area contributed by atoms with E-state index in [1.807, 2.05) is 0 Å². The van der Waals surface area contributed by atoms with Crippen molar-refractivity contribution in [2.24, 2.45) is 18.9 Å². The fraction of sp³-hybridized carbons (Fsp3) is 0.615. The molecule has 19 heavy (non-hydrogen) atoms. The van der Waals surface area contributed by atoms with Gasteiger partial charge in [-0.25, -0.2) is 4.79 Å². The molecule has 1 N–H and O–H groups in total. The zero-order chi connectivity index (χ0) is 14.2. The van der Waals surface area contributed by atoms with Gasteiger partial charge in [-0.1, -0.05) is 13.8 Å². The fourth-order valence-corrected chi connectivity index (χ4v) is 2.72. The van der Waals surface area contributed by atoms with Gasteiger partial charge in [-0.3, -0.25) is 14.2 Å². The summed E-state index contributed by atoms with van der Waals surface area (Å²) in [6.07, 6.45) is 2.31. The van der Waals surface area contributed by atoms with Crippen LogP contribution in [0.2, 0.25) is 0 Å². The Labute approximate surface area is 111 Å². The van der Waals surface area contributed by atoms with Crippen molar-refractivity contribution in [1.29, 1.82) is 0 Å². The number of hydrogen-bond acceptors (Lipinski definition) is 3. The van der Waals surface area contributed by atoms with Crippen LogP contribution in [-0.4, -0.2) is 33.4 Å². The lowest BCUT2D eigenvalue weighted by Gasteiger charge is -2.34. The highest BCUT2D eigenvalue weighted by molar-refractivity contribution is 5.93. The number of carbonyl (C=O) groups excluding carboxylic acids is 1. The molecule has 0 aromatic carbocycles. The summed E-state index contributed by atoms with van der Waals surface area (Å²) in [6.45, 7) is 5.51. The van der Waals surface area contributed by atoms with E-state index >= 15 is 0 Å². The molecular formula is C13H19N3O3. The van der Waals surface area contributed by atoms with Crippen LogP contribution in [-0.2, 0) is 7.05 Å². The Bertz CT molecular complexity index is 592. The van der Waals surface area contributed by atoms with Gasteiger partial charge in [-0.05, 0) is 18.3 Å².